The zero-order chi connectivity index (χ0) is 20.3. The number of nitrogens with one attached hydrogen (secondary N) is 1. The van der Waals surface area contributed by atoms with E-state index < -0.39 is 0 Å². The first-order chi connectivity index (χ1) is 13.5. The van der Waals surface area contributed by atoms with Gasteiger partial charge in [-0.3, -0.25) is 4.79 Å². The van der Waals surface area contributed by atoms with Crippen molar-refractivity contribution in [1.82, 2.24) is 0 Å². The van der Waals surface area contributed by atoms with Crippen LogP contribution in [-0.4, -0.2) is 27.2 Å². The van der Waals surface area contributed by atoms with Crippen LogP contribution in [0.15, 0.2) is 46.9 Å². The van der Waals surface area contributed by atoms with Gasteiger partial charge in [0.25, 0.3) is 5.91 Å². The summed E-state index contributed by atoms with van der Waals surface area (Å²) in [6.07, 6.45) is 0. The van der Waals surface area contributed by atoms with Gasteiger partial charge in [-0.15, -0.1) is 0 Å². The monoisotopic (exact) mass is 401 g/mol. The second-order valence-electron chi connectivity index (χ2n) is 5.96. The molecule has 0 saturated carbocycles. The second kappa shape index (κ2) is 8.27. The molecule has 1 N–H and O–H groups in total. The van der Waals surface area contributed by atoms with Gasteiger partial charge in [-0.1, -0.05) is 11.6 Å². The average Bonchev–Trinajstić information content (AvgIpc) is 3.09. The van der Waals surface area contributed by atoms with Gasteiger partial charge in [0.05, 0.1) is 26.9 Å². The van der Waals surface area contributed by atoms with Gasteiger partial charge >= 0.3 is 0 Å². The van der Waals surface area contributed by atoms with Crippen molar-refractivity contribution in [2.75, 3.05) is 26.6 Å². The summed E-state index contributed by atoms with van der Waals surface area (Å²) < 4.78 is 21.7. The first-order valence-corrected chi connectivity index (χ1v) is 8.82. The number of anilines is 1. The van der Waals surface area contributed by atoms with E-state index in [0.717, 1.165) is 5.56 Å². The topological polar surface area (TPSA) is 69.9 Å². The van der Waals surface area contributed by atoms with E-state index in [1.54, 1.807) is 37.3 Å². The molecule has 7 heteroatoms. The molecule has 0 unspecified atom stereocenters. The average molecular weight is 402 g/mol. The number of aryl methyl sites for hydroxylation is 1. The maximum atomic E-state index is 12.8. The van der Waals surface area contributed by atoms with E-state index in [1.165, 1.54) is 21.3 Å². The number of carbonyl (C=O) groups is 1. The molecule has 3 aromatic rings. The van der Waals surface area contributed by atoms with Crippen molar-refractivity contribution < 1.29 is 23.4 Å². The summed E-state index contributed by atoms with van der Waals surface area (Å²) in [6, 6.07) is 12.2. The number of hydrogen-bond acceptors (Lipinski definition) is 5. The number of ether oxygens (including phenoxy) is 3. The van der Waals surface area contributed by atoms with Gasteiger partial charge in [0.1, 0.15) is 11.5 Å². The molecule has 0 bridgehead atoms. The molecule has 3 rings (SSSR count). The Labute approximate surface area is 168 Å². The van der Waals surface area contributed by atoms with E-state index in [9.17, 15) is 4.79 Å². The molecule has 0 atom stereocenters. The van der Waals surface area contributed by atoms with Gasteiger partial charge < -0.3 is 23.9 Å². The third-order valence-corrected chi connectivity index (χ3v) is 4.47. The number of carbonyl (C=O) groups excluding carboxylic acids is 1. The lowest BCUT2D eigenvalue weighted by atomic mass is 10.1. The highest BCUT2D eigenvalue weighted by Gasteiger charge is 2.19. The van der Waals surface area contributed by atoms with Crippen LogP contribution in [-0.2, 0) is 0 Å². The Morgan fingerprint density at radius 2 is 1.57 bits per heavy atom. The molecule has 0 aliphatic rings. The van der Waals surface area contributed by atoms with E-state index in [2.05, 4.69) is 5.32 Å². The van der Waals surface area contributed by atoms with Gasteiger partial charge in [-0.2, -0.15) is 0 Å². The van der Waals surface area contributed by atoms with Crippen molar-refractivity contribution in [3.8, 4) is 28.6 Å². The van der Waals surface area contributed by atoms with Crippen molar-refractivity contribution in [2.24, 2.45) is 0 Å². The third-order valence-electron chi connectivity index (χ3n) is 4.21. The largest absolute Gasteiger partial charge is 0.493 e. The summed E-state index contributed by atoms with van der Waals surface area (Å²) in [5.41, 5.74) is 1.77. The van der Waals surface area contributed by atoms with Crippen molar-refractivity contribution in [2.45, 2.75) is 6.92 Å². The minimum absolute atomic E-state index is 0.310. The first-order valence-electron chi connectivity index (χ1n) is 8.44. The molecule has 1 amide bonds. The van der Waals surface area contributed by atoms with Gasteiger partial charge in [-0.25, -0.2) is 0 Å². The third kappa shape index (κ3) is 3.92. The molecule has 0 spiro atoms. The Hall–Kier alpha value is -3.12. The smallest absolute Gasteiger partial charge is 0.259 e. The van der Waals surface area contributed by atoms with Gasteiger partial charge in [0.15, 0.2) is 11.5 Å². The lowest BCUT2D eigenvalue weighted by Crippen LogP contribution is -2.12. The summed E-state index contributed by atoms with van der Waals surface area (Å²) in [5.74, 6) is 2.13. The number of halogens is 1. The highest BCUT2D eigenvalue weighted by atomic mass is 35.5. The molecule has 0 fully saturated rings. The molecule has 146 valence electrons. The predicted molar refractivity (Wildman–Crippen MR) is 108 cm³/mol. The predicted octanol–water partition coefficient (Wildman–Crippen LogP) is 5.19. The number of methoxy groups -OCH3 is 3. The molecule has 0 aliphatic carbocycles. The second-order valence-corrected chi connectivity index (χ2v) is 6.39. The number of benzene rings is 2. The molecule has 6 nitrogen and oxygen atoms in total. The van der Waals surface area contributed by atoms with Gasteiger partial charge in [-0.05, 0) is 37.3 Å². The summed E-state index contributed by atoms with van der Waals surface area (Å²) in [5, 5.41) is 3.47. The molecule has 0 aliphatic heterocycles. The maximum Gasteiger partial charge on any atom is 0.259 e. The molecule has 1 aromatic heterocycles. The molecule has 0 radical (unpaired) electrons. The fourth-order valence-electron chi connectivity index (χ4n) is 2.82. The van der Waals surface area contributed by atoms with Crippen LogP contribution in [0.3, 0.4) is 0 Å². The van der Waals surface area contributed by atoms with E-state index >= 15 is 0 Å². The molecule has 1 heterocycles. The standard InChI is InChI=1S/C21H20ClNO5/c1-12-16(11-17(28-12)13-5-7-14(22)8-6-13)21(24)23-15-9-18(25-2)20(27-4)19(10-15)26-3/h5-11H,1-4H3,(H,23,24). The maximum absolute atomic E-state index is 12.8. The van der Waals surface area contributed by atoms with Crippen LogP contribution in [0.25, 0.3) is 11.3 Å². The van der Waals surface area contributed by atoms with Crippen LogP contribution in [0.1, 0.15) is 16.1 Å². The Bertz CT molecular complexity index is 970. The van der Waals surface area contributed by atoms with Crippen LogP contribution >= 0.6 is 11.6 Å². The van der Waals surface area contributed by atoms with Crippen molar-refractivity contribution in [1.29, 1.82) is 0 Å². The molecule has 28 heavy (non-hydrogen) atoms. The van der Waals surface area contributed by atoms with Crippen molar-refractivity contribution in [3.63, 3.8) is 0 Å². The van der Waals surface area contributed by atoms with Crippen molar-refractivity contribution >= 4 is 23.2 Å². The van der Waals surface area contributed by atoms with Crippen LogP contribution < -0.4 is 19.5 Å². The molecular weight excluding hydrogens is 382 g/mol. The summed E-state index contributed by atoms with van der Waals surface area (Å²) in [6.45, 7) is 1.74. The fraction of sp³-hybridized carbons (Fsp3) is 0.190. The number of rotatable bonds is 6. The van der Waals surface area contributed by atoms with E-state index in [4.69, 9.17) is 30.2 Å². The zero-order valence-electron chi connectivity index (χ0n) is 16.0. The fourth-order valence-corrected chi connectivity index (χ4v) is 2.94. The molecule has 2 aromatic carbocycles. The Balaban J connectivity index is 1.88. The molecular formula is C21H20ClNO5. The molecule has 0 saturated heterocycles. The Morgan fingerprint density at radius 1 is 0.964 bits per heavy atom. The van der Waals surface area contributed by atoms with Crippen LogP contribution in [0.2, 0.25) is 5.02 Å². The lowest BCUT2D eigenvalue weighted by molar-refractivity contribution is 0.102. The highest BCUT2D eigenvalue weighted by molar-refractivity contribution is 6.30. The minimum atomic E-state index is -0.310. The number of hydrogen-bond donors (Lipinski definition) is 1. The quantitative estimate of drug-likeness (QED) is 0.615. The summed E-state index contributed by atoms with van der Waals surface area (Å²) >= 11 is 5.92. The van der Waals surface area contributed by atoms with E-state index in [0.29, 0.717) is 45.0 Å². The lowest BCUT2D eigenvalue weighted by Gasteiger charge is -2.14. The number of amides is 1. The zero-order valence-corrected chi connectivity index (χ0v) is 16.7. The van der Waals surface area contributed by atoms with Gasteiger partial charge in [0.2, 0.25) is 5.75 Å². The first kappa shape index (κ1) is 19.6. The number of furan rings is 1. The van der Waals surface area contributed by atoms with E-state index in [-0.39, 0.29) is 5.91 Å². The van der Waals surface area contributed by atoms with Gasteiger partial charge in [0, 0.05) is 28.4 Å². The highest BCUT2D eigenvalue weighted by Crippen LogP contribution is 2.40. The SMILES string of the molecule is COc1cc(NC(=O)c2cc(-c3ccc(Cl)cc3)oc2C)cc(OC)c1OC. The van der Waals surface area contributed by atoms with Crippen molar-refractivity contribution in [3.05, 3.63) is 58.8 Å². The van der Waals surface area contributed by atoms with Crippen LogP contribution in [0.5, 0.6) is 17.2 Å². The summed E-state index contributed by atoms with van der Waals surface area (Å²) in [7, 11) is 4.55. The van der Waals surface area contributed by atoms with Crippen LogP contribution in [0.4, 0.5) is 5.69 Å². The normalized spacial score (nSPS) is 10.5. The Kier molecular flexibility index (Phi) is 5.80. The Morgan fingerprint density at radius 3 is 2.11 bits per heavy atom. The van der Waals surface area contributed by atoms with Crippen LogP contribution in [0, 0.1) is 6.92 Å². The summed E-state index contributed by atoms with van der Waals surface area (Å²) in [4.78, 5) is 12.8. The van der Waals surface area contributed by atoms with E-state index in [1.807, 2.05) is 12.1 Å². The minimum Gasteiger partial charge on any atom is -0.493 e.